The van der Waals surface area contributed by atoms with Crippen molar-refractivity contribution < 1.29 is 5.11 Å². The Kier molecular flexibility index (Phi) is 4.09. The molecule has 0 spiro atoms. The van der Waals surface area contributed by atoms with Crippen LogP contribution in [-0.2, 0) is 12.1 Å². The summed E-state index contributed by atoms with van der Waals surface area (Å²) < 4.78 is 0. The van der Waals surface area contributed by atoms with Crippen molar-refractivity contribution in [3.05, 3.63) is 71.3 Å². The number of hydrogen-bond acceptors (Lipinski definition) is 2. The molecule has 1 aliphatic heterocycles. The Morgan fingerprint density at radius 2 is 1.90 bits per heavy atom. The van der Waals surface area contributed by atoms with Crippen molar-refractivity contribution >= 4 is 0 Å². The number of β-amino-alcohol motifs (C(OH)–C–C–N with tert-alkyl or cyclic N) is 1. The van der Waals surface area contributed by atoms with E-state index in [1.165, 1.54) is 11.1 Å². The summed E-state index contributed by atoms with van der Waals surface area (Å²) in [5.41, 5.74) is 2.87. The van der Waals surface area contributed by atoms with Gasteiger partial charge in [-0.1, -0.05) is 60.2 Å². The maximum Gasteiger partial charge on any atom is 0.102 e. The summed E-state index contributed by atoms with van der Waals surface area (Å²) in [4.78, 5) is 2.36. The van der Waals surface area contributed by atoms with Gasteiger partial charge >= 0.3 is 0 Å². The third kappa shape index (κ3) is 3.34. The molecule has 2 aromatic rings. The second kappa shape index (κ2) is 6.00. The lowest BCUT2D eigenvalue weighted by Crippen LogP contribution is -2.45. The summed E-state index contributed by atoms with van der Waals surface area (Å²) in [5.74, 6) is 0. The first kappa shape index (κ1) is 14.3. The van der Waals surface area contributed by atoms with Crippen LogP contribution in [0.2, 0.25) is 0 Å². The Hall–Kier alpha value is -1.64. The van der Waals surface area contributed by atoms with Gasteiger partial charge in [0.25, 0.3) is 0 Å². The SMILES string of the molecule is Cc1cccc(C2(O)CCCN(Cc3ccccc3)C2)c1. The molecule has 2 nitrogen and oxygen atoms in total. The molecule has 1 fully saturated rings. The minimum atomic E-state index is -0.709. The summed E-state index contributed by atoms with van der Waals surface area (Å²) in [6.45, 7) is 4.76. The van der Waals surface area contributed by atoms with Gasteiger partial charge in [0.1, 0.15) is 5.60 Å². The van der Waals surface area contributed by atoms with Gasteiger partial charge in [0.2, 0.25) is 0 Å². The number of piperidine rings is 1. The molecule has 2 heteroatoms. The van der Waals surface area contributed by atoms with Gasteiger partial charge in [0.15, 0.2) is 0 Å². The third-order valence-corrected chi connectivity index (χ3v) is 4.35. The van der Waals surface area contributed by atoms with Crippen LogP contribution in [-0.4, -0.2) is 23.1 Å². The van der Waals surface area contributed by atoms with E-state index in [1.54, 1.807) is 0 Å². The predicted molar refractivity (Wildman–Crippen MR) is 86.0 cm³/mol. The normalized spacial score (nSPS) is 23.1. The van der Waals surface area contributed by atoms with E-state index in [2.05, 4.69) is 54.3 Å². The van der Waals surface area contributed by atoms with Crippen molar-refractivity contribution in [2.45, 2.75) is 31.9 Å². The molecule has 1 aliphatic rings. The van der Waals surface area contributed by atoms with Crippen LogP contribution in [0.3, 0.4) is 0 Å². The molecule has 0 aliphatic carbocycles. The maximum atomic E-state index is 11.1. The molecule has 0 aromatic heterocycles. The van der Waals surface area contributed by atoms with Crippen molar-refractivity contribution in [2.24, 2.45) is 0 Å². The number of rotatable bonds is 3. The Bertz CT molecular complexity index is 596. The van der Waals surface area contributed by atoms with Crippen LogP contribution in [0.25, 0.3) is 0 Å². The van der Waals surface area contributed by atoms with Crippen molar-refractivity contribution in [3.63, 3.8) is 0 Å². The van der Waals surface area contributed by atoms with Crippen LogP contribution in [0.1, 0.15) is 29.5 Å². The van der Waals surface area contributed by atoms with Crippen LogP contribution in [0.5, 0.6) is 0 Å². The highest BCUT2D eigenvalue weighted by Gasteiger charge is 2.34. The summed E-state index contributed by atoms with van der Waals surface area (Å²) in [7, 11) is 0. The fourth-order valence-electron chi connectivity index (χ4n) is 3.27. The molecule has 110 valence electrons. The van der Waals surface area contributed by atoms with Gasteiger partial charge in [-0.2, -0.15) is 0 Å². The lowest BCUT2D eigenvalue weighted by molar-refractivity contribution is -0.0381. The van der Waals surface area contributed by atoms with Gasteiger partial charge in [0.05, 0.1) is 0 Å². The minimum absolute atomic E-state index is 0.709. The molecule has 1 N–H and O–H groups in total. The van der Waals surface area contributed by atoms with Gasteiger partial charge in [-0.05, 0) is 37.4 Å². The van der Waals surface area contributed by atoms with E-state index in [4.69, 9.17) is 0 Å². The van der Waals surface area contributed by atoms with E-state index in [0.717, 1.165) is 31.5 Å². The topological polar surface area (TPSA) is 23.5 Å². The predicted octanol–water partition coefficient (Wildman–Crippen LogP) is 3.48. The van der Waals surface area contributed by atoms with E-state index in [-0.39, 0.29) is 0 Å². The van der Waals surface area contributed by atoms with Crippen LogP contribution >= 0.6 is 0 Å². The molecule has 1 heterocycles. The fourth-order valence-corrected chi connectivity index (χ4v) is 3.27. The van der Waals surface area contributed by atoms with E-state index < -0.39 is 5.60 Å². The second-order valence-corrected chi connectivity index (χ2v) is 6.20. The minimum Gasteiger partial charge on any atom is -0.384 e. The fraction of sp³-hybridized carbons (Fsp3) is 0.368. The van der Waals surface area contributed by atoms with Crippen LogP contribution < -0.4 is 0 Å². The van der Waals surface area contributed by atoms with Gasteiger partial charge in [0, 0.05) is 13.1 Å². The summed E-state index contributed by atoms with van der Waals surface area (Å²) in [6, 6.07) is 18.8. The molecule has 21 heavy (non-hydrogen) atoms. The third-order valence-electron chi connectivity index (χ3n) is 4.35. The Labute approximate surface area is 127 Å². The number of hydrogen-bond donors (Lipinski definition) is 1. The first-order valence-corrected chi connectivity index (χ1v) is 7.72. The molecule has 1 saturated heterocycles. The van der Waals surface area contributed by atoms with Crippen molar-refractivity contribution in [1.29, 1.82) is 0 Å². The van der Waals surface area contributed by atoms with Gasteiger partial charge in [-0.15, -0.1) is 0 Å². The summed E-state index contributed by atoms with van der Waals surface area (Å²) in [5, 5.41) is 11.1. The van der Waals surface area contributed by atoms with Gasteiger partial charge in [-0.3, -0.25) is 4.90 Å². The van der Waals surface area contributed by atoms with Crippen LogP contribution in [0.4, 0.5) is 0 Å². The molecule has 3 rings (SSSR count). The highest BCUT2D eigenvalue weighted by atomic mass is 16.3. The number of aryl methyl sites for hydroxylation is 1. The van der Waals surface area contributed by atoms with E-state index in [9.17, 15) is 5.11 Å². The van der Waals surface area contributed by atoms with Gasteiger partial charge in [-0.25, -0.2) is 0 Å². The van der Waals surface area contributed by atoms with Crippen LogP contribution in [0, 0.1) is 6.92 Å². The standard InChI is InChI=1S/C19H23NO/c1-16-7-5-10-18(13-16)19(21)11-6-12-20(15-19)14-17-8-3-2-4-9-17/h2-5,7-10,13,21H,6,11-12,14-15H2,1H3. The zero-order chi connectivity index (χ0) is 14.7. The van der Waals surface area contributed by atoms with E-state index >= 15 is 0 Å². The van der Waals surface area contributed by atoms with Crippen LogP contribution in [0.15, 0.2) is 54.6 Å². The quantitative estimate of drug-likeness (QED) is 0.931. The molecule has 0 saturated carbocycles. The zero-order valence-corrected chi connectivity index (χ0v) is 12.6. The Morgan fingerprint density at radius 3 is 2.67 bits per heavy atom. The molecule has 1 atom stereocenters. The number of benzene rings is 2. The maximum absolute atomic E-state index is 11.1. The largest absolute Gasteiger partial charge is 0.384 e. The Morgan fingerprint density at radius 1 is 1.10 bits per heavy atom. The Balaban J connectivity index is 1.76. The smallest absolute Gasteiger partial charge is 0.102 e. The summed E-state index contributed by atoms with van der Waals surface area (Å²) >= 11 is 0. The van der Waals surface area contributed by atoms with E-state index in [1.807, 2.05) is 12.1 Å². The van der Waals surface area contributed by atoms with Crippen molar-refractivity contribution in [2.75, 3.05) is 13.1 Å². The number of nitrogens with zero attached hydrogens (tertiary/aromatic N) is 1. The van der Waals surface area contributed by atoms with Crippen molar-refractivity contribution in [3.8, 4) is 0 Å². The molecule has 0 radical (unpaired) electrons. The number of likely N-dealkylation sites (tertiary alicyclic amines) is 1. The lowest BCUT2D eigenvalue weighted by Gasteiger charge is -2.39. The monoisotopic (exact) mass is 281 g/mol. The van der Waals surface area contributed by atoms with E-state index in [0.29, 0.717) is 6.54 Å². The molecular weight excluding hydrogens is 258 g/mol. The first-order valence-electron chi connectivity index (χ1n) is 7.72. The van der Waals surface area contributed by atoms with Gasteiger partial charge < -0.3 is 5.11 Å². The average molecular weight is 281 g/mol. The molecular formula is C19H23NO. The molecule has 1 unspecified atom stereocenters. The van der Waals surface area contributed by atoms with Crippen molar-refractivity contribution in [1.82, 2.24) is 4.90 Å². The summed E-state index contributed by atoms with van der Waals surface area (Å²) in [6.07, 6.45) is 1.89. The number of aliphatic hydroxyl groups is 1. The molecule has 2 aromatic carbocycles. The zero-order valence-electron chi connectivity index (χ0n) is 12.6. The first-order chi connectivity index (χ1) is 10.2. The average Bonchev–Trinajstić information content (AvgIpc) is 2.48. The highest BCUT2D eigenvalue weighted by Crippen LogP contribution is 2.32. The molecule has 0 amide bonds. The highest BCUT2D eigenvalue weighted by molar-refractivity contribution is 5.28. The lowest BCUT2D eigenvalue weighted by atomic mass is 9.85. The molecule has 0 bridgehead atoms. The second-order valence-electron chi connectivity index (χ2n) is 6.20.